The topological polar surface area (TPSA) is 125 Å². The summed E-state index contributed by atoms with van der Waals surface area (Å²) in [7, 11) is 0. The zero-order valence-corrected chi connectivity index (χ0v) is 21.8. The monoisotopic (exact) mass is 533 g/mol. The third-order valence-corrected chi connectivity index (χ3v) is 6.62. The van der Waals surface area contributed by atoms with Crippen LogP contribution in [0.3, 0.4) is 0 Å². The molecule has 1 atom stereocenters. The van der Waals surface area contributed by atoms with Gasteiger partial charge in [-0.3, -0.25) is 9.69 Å². The van der Waals surface area contributed by atoms with Crippen molar-refractivity contribution in [3.05, 3.63) is 41.0 Å². The van der Waals surface area contributed by atoms with Crippen LogP contribution in [0.25, 0.3) is 11.1 Å². The first kappa shape index (κ1) is 27.6. The van der Waals surface area contributed by atoms with Crippen LogP contribution in [0.4, 0.5) is 5.82 Å². The number of nitrogens with zero attached hydrogens (tertiary/aromatic N) is 3. The predicted molar refractivity (Wildman–Crippen MR) is 142 cm³/mol. The Bertz CT molecular complexity index is 1030. The number of halogens is 1. The summed E-state index contributed by atoms with van der Waals surface area (Å²) >= 11 is 6.38. The van der Waals surface area contributed by atoms with Gasteiger partial charge in [-0.1, -0.05) is 11.6 Å². The predicted octanol–water partition coefficient (Wildman–Crippen LogP) is 1.44. The first-order valence-corrected chi connectivity index (χ1v) is 13.1. The highest BCUT2D eigenvalue weighted by Gasteiger charge is 2.35. The summed E-state index contributed by atoms with van der Waals surface area (Å²) in [6.45, 7) is 7.64. The lowest BCUT2D eigenvalue weighted by molar-refractivity contribution is -0.139. The van der Waals surface area contributed by atoms with E-state index in [1.807, 2.05) is 23.1 Å². The molecule has 3 heterocycles. The highest BCUT2D eigenvalue weighted by atomic mass is 35.5. The van der Waals surface area contributed by atoms with E-state index in [0.29, 0.717) is 82.3 Å². The van der Waals surface area contributed by atoms with E-state index in [9.17, 15) is 4.79 Å². The zero-order chi connectivity index (χ0) is 26.0. The van der Waals surface area contributed by atoms with Crippen molar-refractivity contribution in [3.63, 3.8) is 0 Å². The van der Waals surface area contributed by atoms with Gasteiger partial charge in [-0.05, 0) is 29.8 Å². The molecule has 10 nitrogen and oxygen atoms in total. The van der Waals surface area contributed by atoms with Gasteiger partial charge in [0.15, 0.2) is 6.10 Å². The first-order chi connectivity index (χ1) is 18.0. The molecule has 1 amide bonds. The van der Waals surface area contributed by atoms with Gasteiger partial charge in [0.25, 0.3) is 5.91 Å². The van der Waals surface area contributed by atoms with Crippen LogP contribution in [0, 0.1) is 0 Å². The van der Waals surface area contributed by atoms with Crippen molar-refractivity contribution < 1.29 is 23.7 Å². The second kappa shape index (κ2) is 13.9. The van der Waals surface area contributed by atoms with Crippen LogP contribution in [0.5, 0.6) is 5.75 Å². The minimum absolute atomic E-state index is 0.0102. The minimum Gasteiger partial charge on any atom is -0.479 e. The molecular formula is C26H36ClN5O5. The highest BCUT2D eigenvalue weighted by Crippen LogP contribution is 2.41. The largest absolute Gasteiger partial charge is 0.479 e. The molecule has 0 radical (unpaired) electrons. The number of pyridine rings is 1. The number of nitrogens with two attached hydrogens (primary N) is 2. The summed E-state index contributed by atoms with van der Waals surface area (Å²) in [4.78, 5) is 21.5. The van der Waals surface area contributed by atoms with E-state index in [-0.39, 0.29) is 5.91 Å². The fourth-order valence-electron chi connectivity index (χ4n) is 4.51. The zero-order valence-electron chi connectivity index (χ0n) is 21.1. The van der Waals surface area contributed by atoms with E-state index in [4.69, 9.17) is 42.0 Å². The molecule has 0 aliphatic carbocycles. The maximum Gasteiger partial charge on any atom is 0.264 e. The second-order valence-corrected chi connectivity index (χ2v) is 9.45. The van der Waals surface area contributed by atoms with Crippen molar-refractivity contribution in [2.75, 3.05) is 84.6 Å². The molecule has 4 N–H and O–H groups in total. The van der Waals surface area contributed by atoms with E-state index in [1.54, 1.807) is 12.3 Å². The van der Waals surface area contributed by atoms with Crippen molar-refractivity contribution in [2.24, 2.45) is 5.73 Å². The molecule has 1 saturated heterocycles. The number of benzene rings is 1. The first-order valence-electron chi connectivity index (χ1n) is 12.7. The molecule has 1 fully saturated rings. The quantitative estimate of drug-likeness (QED) is 0.368. The molecule has 1 aromatic carbocycles. The van der Waals surface area contributed by atoms with Crippen LogP contribution >= 0.6 is 11.6 Å². The standard InChI is InChI=1S/C26H36ClN5O5/c27-21-15-20-16-23(37-25(20)22(18-21)19-1-3-30-24(29)17-19)26(33)32-6-4-31(5-7-32)8-10-35-12-14-36-13-11-34-9-2-28/h1,3,15,17-18,23H,2,4-14,16,28H2,(H2,29,30). The van der Waals surface area contributed by atoms with Crippen LogP contribution in [-0.2, 0) is 25.4 Å². The van der Waals surface area contributed by atoms with Crippen LogP contribution in [0.1, 0.15) is 5.56 Å². The van der Waals surface area contributed by atoms with E-state index in [0.717, 1.165) is 36.3 Å². The number of rotatable bonds is 13. The lowest BCUT2D eigenvalue weighted by Crippen LogP contribution is -2.52. The summed E-state index contributed by atoms with van der Waals surface area (Å²) in [5, 5.41) is 0.597. The van der Waals surface area contributed by atoms with Crippen LogP contribution < -0.4 is 16.2 Å². The van der Waals surface area contributed by atoms with Gasteiger partial charge >= 0.3 is 0 Å². The van der Waals surface area contributed by atoms with E-state index >= 15 is 0 Å². The molecule has 202 valence electrons. The number of ether oxygens (including phenoxy) is 4. The lowest BCUT2D eigenvalue weighted by Gasteiger charge is -2.35. The van der Waals surface area contributed by atoms with Gasteiger partial charge in [-0.15, -0.1) is 0 Å². The van der Waals surface area contributed by atoms with Crippen molar-refractivity contribution in [1.29, 1.82) is 0 Å². The molecular weight excluding hydrogens is 498 g/mol. The fourth-order valence-corrected chi connectivity index (χ4v) is 4.75. The SMILES string of the molecule is NCCOCCOCCOCCN1CCN(C(=O)C2Cc3cc(Cl)cc(-c4ccnc(N)c4)c3O2)CC1. The Kier molecular flexibility index (Phi) is 10.4. The maximum absolute atomic E-state index is 13.3. The third-order valence-electron chi connectivity index (χ3n) is 6.41. The Morgan fingerprint density at radius 3 is 2.43 bits per heavy atom. The summed E-state index contributed by atoms with van der Waals surface area (Å²) < 4.78 is 22.6. The number of nitrogen functional groups attached to an aromatic ring is 1. The Morgan fingerprint density at radius 1 is 1.03 bits per heavy atom. The second-order valence-electron chi connectivity index (χ2n) is 9.01. The van der Waals surface area contributed by atoms with Crippen molar-refractivity contribution in [2.45, 2.75) is 12.5 Å². The van der Waals surface area contributed by atoms with Gasteiger partial charge in [0, 0.05) is 68.0 Å². The number of amides is 1. The molecule has 37 heavy (non-hydrogen) atoms. The number of hydrogen-bond donors (Lipinski definition) is 2. The van der Waals surface area contributed by atoms with Crippen LogP contribution in [0.15, 0.2) is 30.5 Å². The lowest BCUT2D eigenvalue weighted by atomic mass is 10.0. The normalized spacial score (nSPS) is 17.6. The average Bonchev–Trinajstić information content (AvgIpc) is 3.33. The van der Waals surface area contributed by atoms with E-state index in [2.05, 4.69) is 9.88 Å². The summed E-state index contributed by atoms with van der Waals surface area (Å²) in [6.07, 6.45) is 1.59. The number of carbonyl (C=O) groups is 1. The van der Waals surface area contributed by atoms with Crippen molar-refractivity contribution in [1.82, 2.24) is 14.8 Å². The molecule has 2 aliphatic heterocycles. The maximum atomic E-state index is 13.3. The number of fused-ring (bicyclic) bond motifs is 1. The van der Waals surface area contributed by atoms with Crippen molar-refractivity contribution in [3.8, 4) is 16.9 Å². The summed E-state index contributed by atoms with van der Waals surface area (Å²) in [6, 6.07) is 7.35. The number of piperazine rings is 1. The fraction of sp³-hybridized carbons (Fsp3) is 0.538. The van der Waals surface area contributed by atoms with Gasteiger partial charge in [0.2, 0.25) is 0 Å². The smallest absolute Gasteiger partial charge is 0.264 e. The molecule has 1 unspecified atom stereocenters. The van der Waals surface area contributed by atoms with Crippen molar-refractivity contribution >= 4 is 23.3 Å². The minimum atomic E-state index is -0.554. The Hall–Kier alpha value is -2.47. The number of anilines is 1. The molecule has 2 aromatic rings. The van der Waals surface area contributed by atoms with Gasteiger partial charge < -0.3 is 35.3 Å². The van der Waals surface area contributed by atoms with Gasteiger partial charge in [0.05, 0.1) is 39.6 Å². The molecule has 11 heteroatoms. The van der Waals surface area contributed by atoms with Gasteiger partial charge in [-0.2, -0.15) is 0 Å². The van der Waals surface area contributed by atoms with E-state index < -0.39 is 6.10 Å². The van der Waals surface area contributed by atoms with Gasteiger partial charge in [0.1, 0.15) is 11.6 Å². The Morgan fingerprint density at radius 2 is 1.73 bits per heavy atom. The molecule has 0 spiro atoms. The number of aromatic nitrogens is 1. The Balaban J connectivity index is 1.18. The average molecular weight is 534 g/mol. The summed E-state index contributed by atoms with van der Waals surface area (Å²) in [5.74, 6) is 1.12. The van der Waals surface area contributed by atoms with E-state index in [1.165, 1.54) is 0 Å². The van der Waals surface area contributed by atoms with Crippen LogP contribution in [0.2, 0.25) is 5.02 Å². The molecule has 1 aromatic heterocycles. The third kappa shape index (κ3) is 7.76. The number of hydrogen-bond acceptors (Lipinski definition) is 9. The molecule has 4 rings (SSSR count). The molecule has 2 aliphatic rings. The molecule has 0 bridgehead atoms. The molecule has 0 saturated carbocycles. The number of carbonyl (C=O) groups excluding carboxylic acids is 1. The van der Waals surface area contributed by atoms with Gasteiger partial charge in [-0.25, -0.2) is 4.98 Å². The van der Waals surface area contributed by atoms with Crippen LogP contribution in [-0.4, -0.2) is 106 Å². The summed E-state index contributed by atoms with van der Waals surface area (Å²) in [5.41, 5.74) is 13.8. The Labute approximate surface area is 222 Å². The highest BCUT2D eigenvalue weighted by molar-refractivity contribution is 6.31.